The SMILES string of the molecule is CCCC1=C(C(N)=O)C(c2ccc(C(=O)NCc3cccnc3)cc2)C(C(=O)OCC)=C(CCC2CCCCC2)N1. The second-order valence-electron chi connectivity index (χ2n) is 10.9. The number of dihydropyridines is 1. The van der Waals surface area contributed by atoms with Crippen molar-refractivity contribution in [2.75, 3.05) is 6.61 Å². The van der Waals surface area contributed by atoms with E-state index in [9.17, 15) is 14.4 Å². The van der Waals surface area contributed by atoms with E-state index in [1.165, 1.54) is 32.1 Å². The number of hydrogen-bond acceptors (Lipinski definition) is 6. The molecular formula is C33H42N4O4. The Labute approximate surface area is 242 Å². The first kappa shape index (κ1) is 30.0. The minimum absolute atomic E-state index is 0.221. The fraction of sp³-hybridized carbons (Fsp3) is 0.455. The number of carbonyl (C=O) groups excluding carboxylic acids is 3. The summed E-state index contributed by atoms with van der Waals surface area (Å²) in [5, 5.41) is 6.37. The van der Waals surface area contributed by atoms with Crippen molar-refractivity contribution in [3.63, 3.8) is 0 Å². The Kier molecular flexibility index (Phi) is 10.7. The number of aromatic nitrogens is 1. The molecule has 218 valence electrons. The van der Waals surface area contributed by atoms with E-state index < -0.39 is 17.8 Å². The predicted octanol–water partition coefficient (Wildman–Crippen LogP) is 5.42. The van der Waals surface area contributed by atoms with Crippen LogP contribution in [-0.4, -0.2) is 29.4 Å². The summed E-state index contributed by atoms with van der Waals surface area (Å²) in [6.07, 6.45) is 12.7. The molecule has 1 unspecified atom stereocenters. The highest BCUT2D eigenvalue weighted by molar-refractivity contribution is 6.01. The fourth-order valence-corrected chi connectivity index (χ4v) is 5.97. The van der Waals surface area contributed by atoms with E-state index in [1.54, 1.807) is 43.6 Å². The van der Waals surface area contributed by atoms with Crippen LogP contribution in [0.1, 0.15) is 99.0 Å². The monoisotopic (exact) mass is 558 g/mol. The van der Waals surface area contributed by atoms with Gasteiger partial charge in [0, 0.05) is 41.5 Å². The number of benzene rings is 1. The van der Waals surface area contributed by atoms with Crippen LogP contribution in [0.5, 0.6) is 0 Å². The van der Waals surface area contributed by atoms with Crippen LogP contribution in [0.25, 0.3) is 0 Å². The molecule has 1 aromatic carbocycles. The lowest BCUT2D eigenvalue weighted by atomic mass is 9.77. The third kappa shape index (κ3) is 7.63. The number of carbonyl (C=O) groups is 3. The third-order valence-electron chi connectivity index (χ3n) is 8.00. The van der Waals surface area contributed by atoms with E-state index in [4.69, 9.17) is 10.5 Å². The molecule has 2 aliphatic rings. The molecule has 2 aromatic rings. The summed E-state index contributed by atoms with van der Waals surface area (Å²) < 4.78 is 5.53. The molecule has 4 rings (SSSR count). The van der Waals surface area contributed by atoms with Gasteiger partial charge in [-0.25, -0.2) is 4.79 Å². The minimum atomic E-state index is -0.678. The van der Waals surface area contributed by atoms with Crippen LogP contribution in [0.2, 0.25) is 0 Å². The van der Waals surface area contributed by atoms with Crippen LogP contribution in [0.15, 0.2) is 71.3 Å². The van der Waals surface area contributed by atoms with Crippen molar-refractivity contribution in [1.29, 1.82) is 0 Å². The largest absolute Gasteiger partial charge is 0.463 e. The summed E-state index contributed by atoms with van der Waals surface area (Å²) in [6, 6.07) is 10.8. The topological polar surface area (TPSA) is 123 Å². The van der Waals surface area contributed by atoms with Crippen molar-refractivity contribution >= 4 is 17.8 Å². The maximum absolute atomic E-state index is 13.5. The summed E-state index contributed by atoms with van der Waals surface area (Å²) in [5.41, 5.74) is 10.5. The van der Waals surface area contributed by atoms with Crippen LogP contribution >= 0.6 is 0 Å². The Hall–Kier alpha value is -3.94. The molecule has 1 aromatic heterocycles. The van der Waals surface area contributed by atoms with Crippen LogP contribution in [0.3, 0.4) is 0 Å². The Morgan fingerprint density at radius 3 is 2.37 bits per heavy atom. The van der Waals surface area contributed by atoms with Crippen molar-refractivity contribution < 1.29 is 19.1 Å². The first-order valence-corrected chi connectivity index (χ1v) is 14.9. The maximum Gasteiger partial charge on any atom is 0.336 e. The van der Waals surface area contributed by atoms with Crippen molar-refractivity contribution in [3.05, 3.63) is 88.0 Å². The summed E-state index contributed by atoms with van der Waals surface area (Å²) in [5.74, 6) is -1.30. The molecule has 8 nitrogen and oxygen atoms in total. The van der Waals surface area contributed by atoms with Gasteiger partial charge >= 0.3 is 5.97 Å². The first-order valence-electron chi connectivity index (χ1n) is 14.9. The van der Waals surface area contributed by atoms with Gasteiger partial charge < -0.3 is 21.1 Å². The van der Waals surface area contributed by atoms with E-state index in [1.807, 2.05) is 19.1 Å². The summed E-state index contributed by atoms with van der Waals surface area (Å²) in [4.78, 5) is 43.4. The van der Waals surface area contributed by atoms with E-state index >= 15 is 0 Å². The zero-order valence-corrected chi connectivity index (χ0v) is 24.2. The molecule has 0 bridgehead atoms. The fourth-order valence-electron chi connectivity index (χ4n) is 5.97. The number of hydrogen-bond donors (Lipinski definition) is 3. The van der Waals surface area contributed by atoms with Gasteiger partial charge in [-0.3, -0.25) is 14.6 Å². The lowest BCUT2D eigenvalue weighted by molar-refractivity contribution is -0.138. The number of nitrogens with one attached hydrogen (secondary N) is 2. The molecule has 1 aliphatic heterocycles. The number of pyridine rings is 1. The zero-order chi connectivity index (χ0) is 29.2. The van der Waals surface area contributed by atoms with Crippen LogP contribution in [0, 0.1) is 5.92 Å². The number of nitrogens with two attached hydrogens (primary N) is 1. The minimum Gasteiger partial charge on any atom is -0.463 e. The highest BCUT2D eigenvalue weighted by atomic mass is 16.5. The molecule has 2 heterocycles. The molecule has 8 heteroatoms. The second-order valence-corrected chi connectivity index (χ2v) is 10.9. The number of amides is 2. The highest BCUT2D eigenvalue weighted by Crippen LogP contribution is 2.41. The average molecular weight is 559 g/mol. The van der Waals surface area contributed by atoms with Crippen LogP contribution in [-0.2, 0) is 20.9 Å². The Morgan fingerprint density at radius 1 is 1.00 bits per heavy atom. The van der Waals surface area contributed by atoms with Gasteiger partial charge in [-0.1, -0.05) is 63.6 Å². The van der Waals surface area contributed by atoms with Gasteiger partial charge in [-0.05, 0) is 61.4 Å². The van der Waals surface area contributed by atoms with Crippen LogP contribution < -0.4 is 16.4 Å². The van der Waals surface area contributed by atoms with Gasteiger partial charge in [0.05, 0.1) is 18.1 Å². The Balaban J connectivity index is 1.67. The standard InChI is InChI=1S/C33H42N4O4/c1-3-9-26-29(31(34)38)28(24-14-16-25(17-15-24)32(39)36-21-23-12-8-19-35-20-23)30(33(40)41-4-2)27(37-26)18-13-22-10-6-5-7-11-22/h8,12,14-17,19-20,22,28,37H,3-7,9-11,13,18,21H2,1-2H3,(H2,34,38)(H,36,39). The predicted molar refractivity (Wildman–Crippen MR) is 158 cm³/mol. The molecule has 1 fully saturated rings. The van der Waals surface area contributed by atoms with Crippen molar-refractivity contribution in [1.82, 2.24) is 15.6 Å². The molecule has 0 radical (unpaired) electrons. The molecule has 1 saturated carbocycles. The van der Waals surface area contributed by atoms with Gasteiger partial charge in [0.1, 0.15) is 0 Å². The highest BCUT2D eigenvalue weighted by Gasteiger charge is 2.38. The number of allylic oxidation sites excluding steroid dienone is 2. The van der Waals surface area contributed by atoms with Crippen molar-refractivity contribution in [3.8, 4) is 0 Å². The van der Waals surface area contributed by atoms with Gasteiger partial charge in [0.2, 0.25) is 5.91 Å². The summed E-state index contributed by atoms with van der Waals surface area (Å²) >= 11 is 0. The van der Waals surface area contributed by atoms with E-state index in [0.717, 1.165) is 35.4 Å². The second kappa shape index (κ2) is 14.6. The number of nitrogens with zero attached hydrogens (tertiary/aromatic N) is 1. The average Bonchev–Trinajstić information content (AvgIpc) is 2.99. The molecular weight excluding hydrogens is 516 g/mol. The van der Waals surface area contributed by atoms with Gasteiger partial charge in [0.25, 0.3) is 5.91 Å². The number of primary amides is 1. The quantitative estimate of drug-likeness (QED) is 0.299. The molecule has 41 heavy (non-hydrogen) atoms. The van der Waals surface area contributed by atoms with Crippen molar-refractivity contribution in [2.45, 2.75) is 84.1 Å². The maximum atomic E-state index is 13.5. The molecule has 1 atom stereocenters. The smallest absolute Gasteiger partial charge is 0.336 e. The molecule has 1 aliphatic carbocycles. The Morgan fingerprint density at radius 2 is 1.73 bits per heavy atom. The molecule has 0 spiro atoms. The first-order chi connectivity index (χ1) is 19.9. The van der Waals surface area contributed by atoms with E-state index in [2.05, 4.69) is 15.6 Å². The molecule has 2 amide bonds. The molecule has 0 saturated heterocycles. The van der Waals surface area contributed by atoms with Gasteiger partial charge in [-0.15, -0.1) is 0 Å². The number of rotatable bonds is 12. The van der Waals surface area contributed by atoms with Crippen LogP contribution in [0.4, 0.5) is 0 Å². The number of esters is 1. The Bertz CT molecular complexity index is 1280. The third-order valence-corrected chi connectivity index (χ3v) is 8.00. The van der Waals surface area contributed by atoms with Crippen molar-refractivity contribution in [2.24, 2.45) is 11.7 Å². The van der Waals surface area contributed by atoms with Gasteiger partial charge in [0.15, 0.2) is 0 Å². The zero-order valence-electron chi connectivity index (χ0n) is 24.2. The number of ether oxygens (including phenoxy) is 1. The normalized spacial score (nSPS) is 17.7. The van der Waals surface area contributed by atoms with E-state index in [-0.39, 0.29) is 12.5 Å². The summed E-state index contributed by atoms with van der Waals surface area (Å²) in [6.45, 7) is 4.40. The van der Waals surface area contributed by atoms with Gasteiger partial charge in [-0.2, -0.15) is 0 Å². The lowest BCUT2D eigenvalue weighted by Crippen LogP contribution is -2.36. The van der Waals surface area contributed by atoms with E-state index in [0.29, 0.717) is 42.0 Å². The summed E-state index contributed by atoms with van der Waals surface area (Å²) in [7, 11) is 0. The molecule has 4 N–H and O–H groups in total. The lowest BCUT2D eigenvalue weighted by Gasteiger charge is -2.33.